The fourth-order valence-electron chi connectivity index (χ4n) is 2.93. The number of hydrogen-bond acceptors (Lipinski definition) is 3. The summed E-state index contributed by atoms with van der Waals surface area (Å²) in [6.07, 6.45) is 2.22. The summed E-state index contributed by atoms with van der Waals surface area (Å²) in [5, 5.41) is 3.53. The summed E-state index contributed by atoms with van der Waals surface area (Å²) in [5.74, 6) is 1.00. The summed E-state index contributed by atoms with van der Waals surface area (Å²) < 4.78 is 5.49. The molecule has 3 heteroatoms. The maximum Gasteiger partial charge on any atom is 0.122 e. The molecule has 1 aromatic carbocycles. The van der Waals surface area contributed by atoms with Crippen molar-refractivity contribution in [2.24, 2.45) is 0 Å². The Bertz CT molecular complexity index is 419. The minimum Gasteiger partial charge on any atom is -0.496 e. The van der Waals surface area contributed by atoms with Crippen LogP contribution in [0.1, 0.15) is 17.5 Å². The normalized spacial score (nSPS) is 24.4. The molecule has 1 aliphatic heterocycles. The summed E-state index contributed by atoms with van der Waals surface area (Å²) in [7, 11) is 6.01. The zero-order valence-corrected chi connectivity index (χ0v) is 11.9. The fraction of sp³-hybridized carbons (Fsp3) is 0.600. The molecule has 1 N–H and O–H groups in total. The van der Waals surface area contributed by atoms with Gasteiger partial charge in [-0.05, 0) is 52.0 Å². The molecule has 2 rings (SSSR count). The zero-order chi connectivity index (χ0) is 13.2. The van der Waals surface area contributed by atoms with Gasteiger partial charge in [-0.3, -0.25) is 0 Å². The van der Waals surface area contributed by atoms with Gasteiger partial charge >= 0.3 is 0 Å². The van der Waals surface area contributed by atoms with Crippen molar-refractivity contribution in [3.8, 4) is 5.75 Å². The number of aryl methyl sites for hydroxylation is 1. The smallest absolute Gasteiger partial charge is 0.122 e. The third kappa shape index (κ3) is 2.68. The summed E-state index contributed by atoms with van der Waals surface area (Å²) in [6.45, 7) is 4.39. The van der Waals surface area contributed by atoms with E-state index in [9.17, 15) is 0 Å². The van der Waals surface area contributed by atoms with Gasteiger partial charge < -0.3 is 15.0 Å². The van der Waals surface area contributed by atoms with Crippen molar-refractivity contribution in [3.05, 3.63) is 29.3 Å². The van der Waals surface area contributed by atoms with Gasteiger partial charge in [0.25, 0.3) is 0 Å². The van der Waals surface area contributed by atoms with Crippen LogP contribution in [0.5, 0.6) is 5.75 Å². The minimum atomic E-state index is 0.190. The number of ether oxygens (including phenoxy) is 1. The molecule has 0 radical (unpaired) electrons. The van der Waals surface area contributed by atoms with Crippen LogP contribution in [0.4, 0.5) is 0 Å². The Morgan fingerprint density at radius 1 is 1.44 bits per heavy atom. The maximum atomic E-state index is 5.49. The first-order valence-electron chi connectivity index (χ1n) is 6.59. The molecule has 0 saturated carbocycles. The van der Waals surface area contributed by atoms with Gasteiger partial charge in [-0.1, -0.05) is 17.7 Å². The fourth-order valence-corrected chi connectivity index (χ4v) is 2.93. The predicted octanol–water partition coefficient (Wildman–Crippen LogP) is 1.84. The van der Waals surface area contributed by atoms with Crippen LogP contribution < -0.4 is 10.1 Å². The molecule has 0 aliphatic carbocycles. The Kier molecular flexibility index (Phi) is 3.93. The van der Waals surface area contributed by atoms with Crippen LogP contribution in [0.3, 0.4) is 0 Å². The molecule has 1 unspecified atom stereocenters. The Balaban J connectivity index is 2.24. The molecule has 1 fully saturated rings. The second kappa shape index (κ2) is 5.29. The second-order valence-electron chi connectivity index (χ2n) is 5.51. The number of benzene rings is 1. The average molecular weight is 248 g/mol. The van der Waals surface area contributed by atoms with E-state index in [2.05, 4.69) is 49.4 Å². The van der Waals surface area contributed by atoms with Gasteiger partial charge in [-0.25, -0.2) is 0 Å². The summed E-state index contributed by atoms with van der Waals surface area (Å²) >= 11 is 0. The monoisotopic (exact) mass is 248 g/mol. The number of rotatable bonds is 4. The van der Waals surface area contributed by atoms with E-state index in [0.717, 1.165) is 25.3 Å². The summed E-state index contributed by atoms with van der Waals surface area (Å²) in [6, 6.07) is 6.43. The van der Waals surface area contributed by atoms with Gasteiger partial charge in [0, 0.05) is 12.1 Å². The molecule has 0 bridgehead atoms. The SMILES string of the molecule is CNC1(Cc2cc(C)ccc2OC)CCN(C)C1. The highest BCUT2D eigenvalue weighted by Crippen LogP contribution is 2.29. The van der Waals surface area contributed by atoms with Gasteiger partial charge in [-0.15, -0.1) is 0 Å². The lowest BCUT2D eigenvalue weighted by molar-refractivity contribution is 0.321. The molecular formula is C15H24N2O. The number of likely N-dealkylation sites (N-methyl/N-ethyl adjacent to an activating group) is 2. The van der Waals surface area contributed by atoms with Crippen molar-refractivity contribution in [1.82, 2.24) is 10.2 Å². The first-order valence-corrected chi connectivity index (χ1v) is 6.59. The lowest BCUT2D eigenvalue weighted by Gasteiger charge is -2.29. The van der Waals surface area contributed by atoms with Crippen LogP contribution >= 0.6 is 0 Å². The summed E-state index contributed by atoms with van der Waals surface area (Å²) in [4.78, 5) is 2.39. The van der Waals surface area contributed by atoms with E-state index in [1.807, 2.05) is 0 Å². The van der Waals surface area contributed by atoms with E-state index >= 15 is 0 Å². The van der Waals surface area contributed by atoms with Crippen molar-refractivity contribution in [1.29, 1.82) is 0 Å². The van der Waals surface area contributed by atoms with Gasteiger partial charge in [0.2, 0.25) is 0 Å². The minimum absolute atomic E-state index is 0.190. The lowest BCUT2D eigenvalue weighted by atomic mass is 9.89. The molecule has 100 valence electrons. The van der Waals surface area contributed by atoms with Crippen molar-refractivity contribution in [3.63, 3.8) is 0 Å². The van der Waals surface area contributed by atoms with Crippen LogP contribution in [-0.2, 0) is 6.42 Å². The van der Waals surface area contributed by atoms with E-state index in [0.29, 0.717) is 0 Å². The number of hydrogen-bond donors (Lipinski definition) is 1. The Hall–Kier alpha value is -1.06. The first kappa shape index (κ1) is 13.4. The lowest BCUT2D eigenvalue weighted by Crippen LogP contribution is -2.47. The van der Waals surface area contributed by atoms with Crippen molar-refractivity contribution in [2.75, 3.05) is 34.3 Å². The number of nitrogens with zero attached hydrogens (tertiary/aromatic N) is 1. The molecule has 1 atom stereocenters. The molecular weight excluding hydrogens is 224 g/mol. The molecule has 0 spiro atoms. The highest BCUT2D eigenvalue weighted by atomic mass is 16.5. The molecule has 0 aromatic heterocycles. The highest BCUT2D eigenvalue weighted by molar-refractivity contribution is 5.38. The van der Waals surface area contributed by atoms with Gasteiger partial charge in [0.15, 0.2) is 0 Å². The Morgan fingerprint density at radius 2 is 2.22 bits per heavy atom. The van der Waals surface area contributed by atoms with Crippen LogP contribution in [0.25, 0.3) is 0 Å². The van der Waals surface area contributed by atoms with Gasteiger partial charge in [0.05, 0.1) is 7.11 Å². The van der Waals surface area contributed by atoms with E-state index in [1.165, 1.54) is 17.5 Å². The third-order valence-corrected chi connectivity index (χ3v) is 4.04. The third-order valence-electron chi connectivity index (χ3n) is 4.04. The van der Waals surface area contributed by atoms with Crippen molar-refractivity contribution in [2.45, 2.75) is 25.3 Å². The first-order chi connectivity index (χ1) is 8.58. The number of methoxy groups -OCH3 is 1. The molecule has 1 saturated heterocycles. The highest BCUT2D eigenvalue weighted by Gasteiger charge is 2.35. The molecule has 18 heavy (non-hydrogen) atoms. The van der Waals surface area contributed by atoms with E-state index in [-0.39, 0.29) is 5.54 Å². The number of nitrogens with one attached hydrogen (secondary N) is 1. The topological polar surface area (TPSA) is 24.5 Å². The van der Waals surface area contributed by atoms with E-state index in [1.54, 1.807) is 7.11 Å². The van der Waals surface area contributed by atoms with Gasteiger partial charge in [-0.2, -0.15) is 0 Å². The number of likely N-dealkylation sites (tertiary alicyclic amines) is 1. The Labute approximate surface area is 110 Å². The molecule has 3 nitrogen and oxygen atoms in total. The zero-order valence-electron chi connectivity index (χ0n) is 11.9. The van der Waals surface area contributed by atoms with Gasteiger partial charge in [0.1, 0.15) is 5.75 Å². The second-order valence-corrected chi connectivity index (χ2v) is 5.51. The molecule has 1 heterocycles. The van der Waals surface area contributed by atoms with Crippen LogP contribution in [0.15, 0.2) is 18.2 Å². The molecule has 1 aliphatic rings. The largest absolute Gasteiger partial charge is 0.496 e. The van der Waals surface area contributed by atoms with Crippen molar-refractivity contribution < 1.29 is 4.74 Å². The van der Waals surface area contributed by atoms with E-state index < -0.39 is 0 Å². The Morgan fingerprint density at radius 3 is 2.78 bits per heavy atom. The van der Waals surface area contributed by atoms with Crippen molar-refractivity contribution >= 4 is 0 Å². The summed E-state index contributed by atoms with van der Waals surface area (Å²) in [5.41, 5.74) is 2.79. The molecule has 1 aromatic rings. The van der Waals surface area contributed by atoms with E-state index in [4.69, 9.17) is 4.74 Å². The van der Waals surface area contributed by atoms with Crippen LogP contribution in [0.2, 0.25) is 0 Å². The standard InChI is InChI=1S/C15H24N2O/c1-12-5-6-14(18-4)13(9-12)10-15(16-2)7-8-17(3)11-15/h5-6,9,16H,7-8,10-11H2,1-4H3. The average Bonchev–Trinajstić information content (AvgIpc) is 2.72. The maximum absolute atomic E-state index is 5.49. The quantitative estimate of drug-likeness (QED) is 0.880. The predicted molar refractivity (Wildman–Crippen MR) is 75.3 cm³/mol. The van der Waals surface area contributed by atoms with Crippen LogP contribution in [-0.4, -0.2) is 44.7 Å². The molecule has 0 amide bonds. The van der Waals surface area contributed by atoms with Crippen LogP contribution in [0, 0.1) is 6.92 Å².